The van der Waals surface area contributed by atoms with E-state index in [0.717, 1.165) is 0 Å². The van der Waals surface area contributed by atoms with Crippen molar-refractivity contribution in [1.29, 1.82) is 0 Å². The fourth-order valence-electron chi connectivity index (χ4n) is 0.853. The molecule has 5 heteroatoms. The summed E-state index contributed by atoms with van der Waals surface area (Å²) in [5.74, 6) is -0.769. The molecular weight excluding hydrogens is 158 g/mol. The smallest absolute Gasteiger partial charge is 0.240 e. The first-order valence-electron chi connectivity index (χ1n) is 3.84. The molecule has 5 N–H and O–H groups in total. The van der Waals surface area contributed by atoms with Crippen molar-refractivity contribution in [1.82, 2.24) is 5.32 Å². The molecule has 0 rings (SSSR count). The van der Waals surface area contributed by atoms with Crippen LogP contribution in [-0.4, -0.2) is 24.4 Å². The number of rotatable bonds is 5. The van der Waals surface area contributed by atoms with Crippen LogP contribution in [0.2, 0.25) is 0 Å². The van der Waals surface area contributed by atoms with Gasteiger partial charge in [-0.05, 0) is 19.4 Å². The van der Waals surface area contributed by atoms with Crippen LogP contribution in [0.4, 0.5) is 0 Å². The minimum absolute atomic E-state index is 0.254. The van der Waals surface area contributed by atoms with Crippen LogP contribution in [0.25, 0.3) is 0 Å². The molecule has 0 saturated heterocycles. The zero-order chi connectivity index (χ0) is 9.56. The highest BCUT2D eigenvalue weighted by atomic mass is 16.2. The second-order valence-corrected chi connectivity index (χ2v) is 2.59. The fraction of sp³-hybridized carbons (Fsp3) is 0.714. The number of hydrogen-bond acceptors (Lipinski definition) is 3. The van der Waals surface area contributed by atoms with Crippen molar-refractivity contribution < 1.29 is 9.59 Å². The number of hydrogen-bond donors (Lipinski definition) is 3. The molecule has 70 valence electrons. The van der Waals surface area contributed by atoms with E-state index in [9.17, 15) is 9.59 Å². The Morgan fingerprint density at radius 2 is 2.08 bits per heavy atom. The number of nitrogens with one attached hydrogen (secondary N) is 1. The van der Waals surface area contributed by atoms with E-state index in [1.807, 2.05) is 0 Å². The predicted octanol–water partition coefficient (Wildman–Crippen LogP) is -1.28. The van der Waals surface area contributed by atoms with Gasteiger partial charge in [-0.3, -0.25) is 9.59 Å². The summed E-state index contributed by atoms with van der Waals surface area (Å²) in [6, 6.07) is -0.578. The van der Waals surface area contributed by atoms with Gasteiger partial charge in [0.25, 0.3) is 0 Å². The van der Waals surface area contributed by atoms with Gasteiger partial charge in [-0.1, -0.05) is 0 Å². The third-order valence-electron chi connectivity index (χ3n) is 1.42. The second-order valence-electron chi connectivity index (χ2n) is 2.59. The number of amides is 2. The number of carbonyl (C=O) groups is 2. The molecule has 5 nitrogen and oxygen atoms in total. The summed E-state index contributed by atoms with van der Waals surface area (Å²) in [5, 5.41) is 2.45. The second kappa shape index (κ2) is 5.54. The number of carbonyl (C=O) groups excluding carboxylic acids is 2. The maximum Gasteiger partial charge on any atom is 0.240 e. The quantitative estimate of drug-likeness (QED) is 0.482. The molecule has 0 aromatic heterocycles. The van der Waals surface area contributed by atoms with Gasteiger partial charge in [-0.15, -0.1) is 0 Å². The van der Waals surface area contributed by atoms with Gasteiger partial charge >= 0.3 is 0 Å². The molecule has 0 heterocycles. The minimum Gasteiger partial charge on any atom is -0.368 e. The van der Waals surface area contributed by atoms with E-state index in [0.29, 0.717) is 19.4 Å². The highest BCUT2D eigenvalue weighted by Gasteiger charge is 2.14. The zero-order valence-electron chi connectivity index (χ0n) is 7.17. The van der Waals surface area contributed by atoms with Crippen LogP contribution in [0.3, 0.4) is 0 Å². The summed E-state index contributed by atoms with van der Waals surface area (Å²) in [5.41, 5.74) is 10.3. The summed E-state index contributed by atoms with van der Waals surface area (Å²) in [4.78, 5) is 21.3. The van der Waals surface area contributed by atoms with Crippen molar-refractivity contribution in [2.24, 2.45) is 11.5 Å². The van der Waals surface area contributed by atoms with E-state index >= 15 is 0 Å². The third kappa shape index (κ3) is 4.68. The Balaban J connectivity index is 3.87. The average molecular weight is 173 g/mol. The van der Waals surface area contributed by atoms with Crippen LogP contribution in [0.15, 0.2) is 0 Å². The lowest BCUT2D eigenvalue weighted by atomic mass is 10.1. The van der Waals surface area contributed by atoms with Crippen molar-refractivity contribution in [2.75, 3.05) is 6.54 Å². The lowest BCUT2D eigenvalue weighted by molar-refractivity contribution is -0.126. The lowest BCUT2D eigenvalue weighted by Crippen LogP contribution is -2.43. The monoisotopic (exact) mass is 173 g/mol. The zero-order valence-corrected chi connectivity index (χ0v) is 7.17. The van der Waals surface area contributed by atoms with Gasteiger partial charge in [0.05, 0.1) is 0 Å². The Kier molecular flexibility index (Phi) is 5.03. The van der Waals surface area contributed by atoms with Crippen LogP contribution >= 0.6 is 0 Å². The van der Waals surface area contributed by atoms with E-state index in [1.54, 1.807) is 0 Å². The van der Waals surface area contributed by atoms with E-state index in [2.05, 4.69) is 5.32 Å². The van der Waals surface area contributed by atoms with E-state index < -0.39 is 11.9 Å². The minimum atomic E-state index is -0.578. The van der Waals surface area contributed by atoms with Gasteiger partial charge in [-0.2, -0.15) is 0 Å². The van der Waals surface area contributed by atoms with Crippen LogP contribution in [0.1, 0.15) is 19.8 Å². The molecular formula is C7H15N3O2. The molecule has 0 spiro atoms. The maximum atomic E-state index is 10.7. The summed E-state index contributed by atoms with van der Waals surface area (Å²) >= 11 is 0. The molecule has 0 aromatic carbocycles. The molecule has 0 aromatic rings. The maximum absolute atomic E-state index is 10.7. The molecule has 0 aliphatic heterocycles. The Hall–Kier alpha value is -1.10. The van der Waals surface area contributed by atoms with Crippen LogP contribution < -0.4 is 16.8 Å². The van der Waals surface area contributed by atoms with Crippen molar-refractivity contribution in [3.63, 3.8) is 0 Å². The first kappa shape index (κ1) is 10.9. The normalized spacial score (nSPS) is 12.2. The largest absolute Gasteiger partial charge is 0.368 e. The highest BCUT2D eigenvalue weighted by Crippen LogP contribution is 1.94. The van der Waals surface area contributed by atoms with E-state index in [4.69, 9.17) is 11.5 Å². The molecule has 0 unspecified atom stereocenters. The predicted molar refractivity (Wildman–Crippen MR) is 45.1 cm³/mol. The summed E-state index contributed by atoms with van der Waals surface area (Å²) in [6.45, 7) is 1.84. The van der Waals surface area contributed by atoms with Crippen molar-refractivity contribution >= 4 is 11.8 Å². The Morgan fingerprint density at radius 3 is 2.42 bits per heavy atom. The molecule has 12 heavy (non-hydrogen) atoms. The van der Waals surface area contributed by atoms with Crippen molar-refractivity contribution in [2.45, 2.75) is 25.8 Å². The molecule has 2 amide bonds. The molecule has 0 bridgehead atoms. The molecule has 0 saturated carbocycles. The van der Waals surface area contributed by atoms with Gasteiger partial charge < -0.3 is 16.8 Å². The summed E-state index contributed by atoms with van der Waals surface area (Å²) < 4.78 is 0. The average Bonchev–Trinajstić information content (AvgIpc) is 1.96. The van der Waals surface area contributed by atoms with Crippen molar-refractivity contribution in [3.05, 3.63) is 0 Å². The van der Waals surface area contributed by atoms with Crippen LogP contribution in [-0.2, 0) is 9.59 Å². The van der Waals surface area contributed by atoms with Crippen LogP contribution in [0.5, 0.6) is 0 Å². The molecule has 1 atom stereocenters. The SMILES string of the molecule is CC(=O)N[C@@H](CCCN)C(N)=O. The molecule has 0 aliphatic carbocycles. The molecule has 0 aliphatic rings. The Morgan fingerprint density at radius 1 is 1.50 bits per heavy atom. The topological polar surface area (TPSA) is 98.2 Å². The number of nitrogens with two attached hydrogens (primary N) is 2. The fourth-order valence-corrected chi connectivity index (χ4v) is 0.853. The van der Waals surface area contributed by atoms with Gasteiger partial charge in [0.1, 0.15) is 6.04 Å². The van der Waals surface area contributed by atoms with E-state index in [-0.39, 0.29) is 5.91 Å². The molecule has 0 fully saturated rings. The van der Waals surface area contributed by atoms with Gasteiger partial charge in [-0.25, -0.2) is 0 Å². The summed E-state index contributed by atoms with van der Waals surface area (Å²) in [6.07, 6.45) is 1.18. The van der Waals surface area contributed by atoms with E-state index in [1.165, 1.54) is 6.92 Å². The van der Waals surface area contributed by atoms with Crippen LogP contribution in [0, 0.1) is 0 Å². The Labute approximate surface area is 71.5 Å². The first-order chi connectivity index (χ1) is 5.57. The van der Waals surface area contributed by atoms with Gasteiger partial charge in [0.15, 0.2) is 0 Å². The third-order valence-corrected chi connectivity index (χ3v) is 1.42. The Bertz CT molecular complexity index is 170. The highest BCUT2D eigenvalue weighted by molar-refractivity contribution is 5.85. The van der Waals surface area contributed by atoms with Crippen molar-refractivity contribution in [3.8, 4) is 0 Å². The molecule has 0 radical (unpaired) electrons. The lowest BCUT2D eigenvalue weighted by Gasteiger charge is -2.12. The summed E-state index contributed by atoms with van der Waals surface area (Å²) in [7, 11) is 0. The van der Waals surface area contributed by atoms with Gasteiger partial charge in [0.2, 0.25) is 11.8 Å². The first-order valence-corrected chi connectivity index (χ1v) is 3.84. The number of primary amides is 1. The van der Waals surface area contributed by atoms with Gasteiger partial charge in [0, 0.05) is 6.92 Å². The standard InChI is InChI=1S/C7H15N3O2/c1-5(11)10-6(7(9)12)3-2-4-8/h6H,2-4,8H2,1H3,(H2,9,12)(H,10,11)/t6-/m0/s1.